The minimum Gasteiger partial charge on any atom is -0.206 e. The Morgan fingerprint density at radius 1 is 1.18 bits per heavy atom. The van der Waals surface area contributed by atoms with Crippen LogP contribution in [0.4, 0.5) is 8.78 Å². The summed E-state index contributed by atoms with van der Waals surface area (Å²) in [7, 11) is 0. The number of hydrogen-bond donors (Lipinski definition) is 0. The standard InChI is InChI=1S/C9H6F2/c1-2-4-7-8(10)5-3-6-9(7)11/h3,5-6H,1H3. The minimum absolute atomic E-state index is 0.157. The molecule has 0 amide bonds. The summed E-state index contributed by atoms with van der Waals surface area (Å²) in [5, 5.41) is 0. The van der Waals surface area contributed by atoms with Crippen molar-refractivity contribution in [2.75, 3.05) is 0 Å². The Hall–Kier alpha value is -1.36. The van der Waals surface area contributed by atoms with Gasteiger partial charge in [-0.2, -0.15) is 0 Å². The molecule has 11 heavy (non-hydrogen) atoms. The van der Waals surface area contributed by atoms with E-state index in [2.05, 4.69) is 11.8 Å². The van der Waals surface area contributed by atoms with E-state index in [9.17, 15) is 8.78 Å². The normalized spacial score (nSPS) is 8.64. The fourth-order valence-electron chi connectivity index (χ4n) is 0.742. The van der Waals surface area contributed by atoms with E-state index in [1.165, 1.54) is 25.1 Å². The molecule has 1 aromatic rings. The number of rotatable bonds is 0. The van der Waals surface area contributed by atoms with Crippen LogP contribution in [0, 0.1) is 23.5 Å². The van der Waals surface area contributed by atoms with Crippen LogP contribution in [0.15, 0.2) is 18.2 Å². The topological polar surface area (TPSA) is 0 Å². The number of hydrogen-bond acceptors (Lipinski definition) is 0. The van der Waals surface area contributed by atoms with E-state index in [0.717, 1.165) is 0 Å². The van der Waals surface area contributed by atoms with Crippen molar-refractivity contribution in [3.05, 3.63) is 35.4 Å². The Balaban J connectivity index is 3.28. The first kappa shape index (κ1) is 7.74. The molecule has 2 heteroatoms. The van der Waals surface area contributed by atoms with Gasteiger partial charge in [0.05, 0.1) is 5.56 Å². The molecule has 0 heterocycles. The molecular weight excluding hydrogens is 146 g/mol. The molecule has 0 saturated carbocycles. The molecule has 0 aromatic heterocycles. The summed E-state index contributed by atoms with van der Waals surface area (Å²) in [6.45, 7) is 1.53. The summed E-state index contributed by atoms with van der Waals surface area (Å²) in [6, 6.07) is 3.68. The van der Waals surface area contributed by atoms with Crippen molar-refractivity contribution in [1.82, 2.24) is 0 Å². The van der Waals surface area contributed by atoms with Gasteiger partial charge in [-0.05, 0) is 19.1 Å². The van der Waals surface area contributed by atoms with Gasteiger partial charge >= 0.3 is 0 Å². The lowest BCUT2D eigenvalue weighted by molar-refractivity contribution is 0.577. The van der Waals surface area contributed by atoms with Gasteiger partial charge in [0.2, 0.25) is 0 Å². The molecular formula is C9H6F2. The average Bonchev–Trinajstić information content (AvgIpc) is 1.97. The lowest BCUT2D eigenvalue weighted by Crippen LogP contribution is -1.87. The SMILES string of the molecule is CC#Cc1c(F)cccc1F. The molecule has 0 radical (unpaired) electrons. The fraction of sp³-hybridized carbons (Fsp3) is 0.111. The van der Waals surface area contributed by atoms with Crippen molar-refractivity contribution in [3.8, 4) is 11.8 Å². The molecule has 0 bridgehead atoms. The molecule has 1 aromatic carbocycles. The zero-order valence-corrected chi connectivity index (χ0v) is 5.99. The van der Waals surface area contributed by atoms with Gasteiger partial charge in [0.25, 0.3) is 0 Å². The predicted octanol–water partition coefficient (Wildman–Crippen LogP) is 2.34. The van der Waals surface area contributed by atoms with E-state index < -0.39 is 11.6 Å². The van der Waals surface area contributed by atoms with Crippen LogP contribution in [0.5, 0.6) is 0 Å². The highest BCUT2D eigenvalue weighted by atomic mass is 19.1. The summed E-state index contributed by atoms with van der Waals surface area (Å²) in [4.78, 5) is 0. The van der Waals surface area contributed by atoms with Crippen molar-refractivity contribution < 1.29 is 8.78 Å². The van der Waals surface area contributed by atoms with Crippen LogP contribution in [0.1, 0.15) is 12.5 Å². The molecule has 0 aliphatic heterocycles. The average molecular weight is 152 g/mol. The highest BCUT2D eigenvalue weighted by Crippen LogP contribution is 2.09. The van der Waals surface area contributed by atoms with Crippen LogP contribution in [0.2, 0.25) is 0 Å². The Kier molecular flexibility index (Phi) is 2.22. The number of halogens is 2. The molecule has 0 aliphatic rings. The van der Waals surface area contributed by atoms with Crippen molar-refractivity contribution in [1.29, 1.82) is 0 Å². The van der Waals surface area contributed by atoms with E-state index in [4.69, 9.17) is 0 Å². The molecule has 0 spiro atoms. The molecule has 0 aliphatic carbocycles. The van der Waals surface area contributed by atoms with Gasteiger partial charge in [0, 0.05) is 0 Å². The molecule has 0 atom stereocenters. The van der Waals surface area contributed by atoms with Crippen molar-refractivity contribution >= 4 is 0 Å². The molecule has 0 saturated heterocycles. The minimum atomic E-state index is -0.612. The largest absolute Gasteiger partial charge is 0.206 e. The van der Waals surface area contributed by atoms with Gasteiger partial charge in [-0.1, -0.05) is 12.0 Å². The maximum atomic E-state index is 12.7. The van der Waals surface area contributed by atoms with Gasteiger partial charge in [-0.15, -0.1) is 5.92 Å². The van der Waals surface area contributed by atoms with E-state index in [1.54, 1.807) is 0 Å². The summed E-state index contributed by atoms with van der Waals surface area (Å²) < 4.78 is 25.4. The summed E-state index contributed by atoms with van der Waals surface area (Å²) in [6.07, 6.45) is 0. The lowest BCUT2D eigenvalue weighted by Gasteiger charge is -1.93. The van der Waals surface area contributed by atoms with Crippen LogP contribution < -0.4 is 0 Å². The first-order chi connectivity index (χ1) is 5.25. The van der Waals surface area contributed by atoms with Gasteiger partial charge in [-0.25, -0.2) is 8.78 Å². The van der Waals surface area contributed by atoms with Crippen LogP contribution in [-0.4, -0.2) is 0 Å². The van der Waals surface area contributed by atoms with E-state index >= 15 is 0 Å². The predicted molar refractivity (Wildman–Crippen MR) is 38.9 cm³/mol. The first-order valence-electron chi connectivity index (χ1n) is 3.12. The van der Waals surface area contributed by atoms with E-state index in [-0.39, 0.29) is 5.56 Å². The first-order valence-corrected chi connectivity index (χ1v) is 3.12. The van der Waals surface area contributed by atoms with Crippen molar-refractivity contribution in [2.45, 2.75) is 6.92 Å². The highest BCUT2D eigenvalue weighted by Gasteiger charge is 2.03. The van der Waals surface area contributed by atoms with Gasteiger partial charge < -0.3 is 0 Å². The van der Waals surface area contributed by atoms with Crippen molar-refractivity contribution in [2.24, 2.45) is 0 Å². The smallest absolute Gasteiger partial charge is 0.141 e. The lowest BCUT2D eigenvalue weighted by atomic mass is 10.2. The Morgan fingerprint density at radius 3 is 2.18 bits per heavy atom. The Bertz CT molecular complexity index is 298. The fourth-order valence-corrected chi connectivity index (χ4v) is 0.742. The third-order valence-electron chi connectivity index (χ3n) is 1.21. The summed E-state index contributed by atoms with van der Waals surface area (Å²) in [5.74, 6) is 3.56. The molecule has 0 fully saturated rings. The third-order valence-corrected chi connectivity index (χ3v) is 1.21. The summed E-state index contributed by atoms with van der Waals surface area (Å²) in [5.41, 5.74) is -0.157. The Morgan fingerprint density at radius 2 is 1.73 bits per heavy atom. The molecule has 0 nitrogen and oxygen atoms in total. The van der Waals surface area contributed by atoms with E-state index in [0.29, 0.717) is 0 Å². The maximum absolute atomic E-state index is 12.7. The number of benzene rings is 1. The van der Waals surface area contributed by atoms with Crippen molar-refractivity contribution in [3.63, 3.8) is 0 Å². The second kappa shape index (κ2) is 3.16. The summed E-state index contributed by atoms with van der Waals surface area (Å²) >= 11 is 0. The quantitative estimate of drug-likeness (QED) is 0.500. The second-order valence-corrected chi connectivity index (χ2v) is 1.97. The van der Waals surface area contributed by atoms with E-state index in [1.807, 2.05) is 0 Å². The molecule has 1 rings (SSSR count). The maximum Gasteiger partial charge on any atom is 0.141 e. The van der Waals surface area contributed by atoms with Gasteiger partial charge in [0.15, 0.2) is 0 Å². The monoisotopic (exact) mass is 152 g/mol. The van der Waals surface area contributed by atoms with Crippen LogP contribution in [0.3, 0.4) is 0 Å². The Labute approximate surface area is 63.9 Å². The molecule has 0 N–H and O–H groups in total. The second-order valence-electron chi connectivity index (χ2n) is 1.97. The van der Waals surface area contributed by atoms with Gasteiger partial charge in [0.1, 0.15) is 11.6 Å². The molecule has 0 unspecified atom stereocenters. The van der Waals surface area contributed by atoms with Crippen LogP contribution >= 0.6 is 0 Å². The van der Waals surface area contributed by atoms with Crippen LogP contribution in [-0.2, 0) is 0 Å². The van der Waals surface area contributed by atoms with Crippen LogP contribution in [0.25, 0.3) is 0 Å². The zero-order chi connectivity index (χ0) is 8.27. The zero-order valence-electron chi connectivity index (χ0n) is 5.99. The van der Waals surface area contributed by atoms with Gasteiger partial charge in [-0.3, -0.25) is 0 Å². The third kappa shape index (κ3) is 1.56. The molecule has 56 valence electrons. The highest BCUT2D eigenvalue weighted by molar-refractivity contribution is 5.36.